The molecule has 1 spiro atoms. The van der Waals surface area contributed by atoms with E-state index in [-0.39, 0.29) is 6.10 Å². The zero-order valence-corrected chi connectivity index (χ0v) is 7.84. The molecule has 2 saturated carbocycles. The van der Waals surface area contributed by atoms with Crippen molar-refractivity contribution in [3.63, 3.8) is 0 Å². The molecule has 0 saturated heterocycles. The van der Waals surface area contributed by atoms with Crippen LogP contribution in [0.4, 0.5) is 0 Å². The SMILES string of the molecule is CC(O)CNC1CCC12CCC2. The quantitative estimate of drug-likeness (QED) is 0.667. The minimum Gasteiger partial charge on any atom is -0.392 e. The molecule has 2 N–H and O–H groups in total. The largest absolute Gasteiger partial charge is 0.392 e. The van der Waals surface area contributed by atoms with Crippen LogP contribution >= 0.6 is 0 Å². The first-order valence-electron chi connectivity index (χ1n) is 5.14. The van der Waals surface area contributed by atoms with E-state index in [1.165, 1.54) is 32.1 Å². The van der Waals surface area contributed by atoms with E-state index in [0.29, 0.717) is 5.41 Å². The molecular weight excluding hydrogens is 150 g/mol. The molecule has 2 unspecified atom stereocenters. The summed E-state index contributed by atoms with van der Waals surface area (Å²) in [5.41, 5.74) is 0.675. The summed E-state index contributed by atoms with van der Waals surface area (Å²) in [5.74, 6) is 0. The highest BCUT2D eigenvalue weighted by molar-refractivity contribution is 5.05. The number of aliphatic hydroxyl groups is 1. The second kappa shape index (κ2) is 3.00. The molecule has 0 aromatic carbocycles. The summed E-state index contributed by atoms with van der Waals surface area (Å²) in [5, 5.41) is 12.6. The maximum absolute atomic E-state index is 9.12. The summed E-state index contributed by atoms with van der Waals surface area (Å²) in [6.07, 6.45) is 6.82. The zero-order valence-electron chi connectivity index (χ0n) is 7.84. The highest BCUT2D eigenvalue weighted by Crippen LogP contribution is 2.55. The van der Waals surface area contributed by atoms with Crippen molar-refractivity contribution in [3.8, 4) is 0 Å². The molecule has 2 atom stereocenters. The van der Waals surface area contributed by atoms with E-state index in [9.17, 15) is 0 Å². The first kappa shape index (κ1) is 8.52. The van der Waals surface area contributed by atoms with Gasteiger partial charge < -0.3 is 10.4 Å². The van der Waals surface area contributed by atoms with Crippen molar-refractivity contribution in [2.75, 3.05) is 6.54 Å². The summed E-state index contributed by atoms with van der Waals surface area (Å²) >= 11 is 0. The lowest BCUT2D eigenvalue weighted by Gasteiger charge is -2.56. The monoisotopic (exact) mass is 169 g/mol. The Bertz CT molecular complexity index is 158. The second-order valence-corrected chi connectivity index (χ2v) is 4.56. The topological polar surface area (TPSA) is 32.3 Å². The van der Waals surface area contributed by atoms with Crippen molar-refractivity contribution in [1.29, 1.82) is 0 Å². The van der Waals surface area contributed by atoms with Crippen molar-refractivity contribution in [3.05, 3.63) is 0 Å². The molecule has 2 fully saturated rings. The molecule has 70 valence electrons. The van der Waals surface area contributed by atoms with Crippen LogP contribution in [0.1, 0.15) is 39.0 Å². The molecule has 0 heterocycles. The Kier molecular flexibility index (Phi) is 2.13. The van der Waals surface area contributed by atoms with Gasteiger partial charge in [0.25, 0.3) is 0 Å². The normalized spacial score (nSPS) is 34.0. The Morgan fingerprint density at radius 3 is 2.58 bits per heavy atom. The molecule has 2 aliphatic carbocycles. The average Bonchev–Trinajstić information content (AvgIpc) is 1.80. The van der Waals surface area contributed by atoms with Gasteiger partial charge in [0.15, 0.2) is 0 Å². The van der Waals surface area contributed by atoms with E-state index in [1.807, 2.05) is 6.92 Å². The van der Waals surface area contributed by atoms with Gasteiger partial charge in [0, 0.05) is 12.6 Å². The predicted molar refractivity (Wildman–Crippen MR) is 49.0 cm³/mol. The van der Waals surface area contributed by atoms with Gasteiger partial charge in [0.2, 0.25) is 0 Å². The minimum atomic E-state index is -0.192. The van der Waals surface area contributed by atoms with Crippen molar-refractivity contribution >= 4 is 0 Å². The Labute approximate surface area is 74.4 Å². The van der Waals surface area contributed by atoms with E-state index in [4.69, 9.17) is 5.11 Å². The Hall–Kier alpha value is -0.0800. The molecule has 2 heteroatoms. The lowest BCUT2D eigenvalue weighted by Crippen LogP contribution is -2.57. The van der Waals surface area contributed by atoms with Crippen LogP contribution in [0.5, 0.6) is 0 Å². The fraction of sp³-hybridized carbons (Fsp3) is 1.00. The highest BCUT2D eigenvalue weighted by atomic mass is 16.3. The first-order chi connectivity index (χ1) is 5.73. The maximum Gasteiger partial charge on any atom is 0.0636 e. The number of hydrogen-bond acceptors (Lipinski definition) is 2. The van der Waals surface area contributed by atoms with E-state index in [2.05, 4.69) is 5.32 Å². The van der Waals surface area contributed by atoms with Gasteiger partial charge >= 0.3 is 0 Å². The lowest BCUT2D eigenvalue weighted by molar-refractivity contribution is -0.0214. The van der Waals surface area contributed by atoms with Crippen LogP contribution < -0.4 is 5.32 Å². The van der Waals surface area contributed by atoms with E-state index >= 15 is 0 Å². The van der Waals surface area contributed by atoms with Crippen LogP contribution in [-0.2, 0) is 0 Å². The van der Waals surface area contributed by atoms with Crippen LogP contribution in [0.25, 0.3) is 0 Å². The van der Waals surface area contributed by atoms with Crippen molar-refractivity contribution < 1.29 is 5.11 Å². The number of aliphatic hydroxyl groups excluding tert-OH is 1. The fourth-order valence-electron chi connectivity index (χ4n) is 2.56. The third-order valence-corrected chi connectivity index (χ3v) is 3.68. The van der Waals surface area contributed by atoms with Crippen LogP contribution in [-0.4, -0.2) is 23.8 Å². The van der Waals surface area contributed by atoms with Gasteiger partial charge in [-0.1, -0.05) is 6.42 Å². The number of nitrogens with one attached hydrogen (secondary N) is 1. The summed E-state index contributed by atoms with van der Waals surface area (Å²) in [6, 6.07) is 0.723. The molecule has 12 heavy (non-hydrogen) atoms. The summed E-state index contributed by atoms with van der Waals surface area (Å²) in [4.78, 5) is 0. The van der Waals surface area contributed by atoms with E-state index in [1.54, 1.807) is 0 Å². The molecule has 0 aliphatic heterocycles. The predicted octanol–water partition coefficient (Wildman–Crippen LogP) is 1.29. The van der Waals surface area contributed by atoms with Crippen LogP contribution in [0, 0.1) is 5.41 Å². The summed E-state index contributed by atoms with van der Waals surface area (Å²) < 4.78 is 0. The molecule has 0 amide bonds. The maximum atomic E-state index is 9.12. The van der Waals surface area contributed by atoms with E-state index in [0.717, 1.165) is 12.6 Å². The number of hydrogen-bond donors (Lipinski definition) is 2. The van der Waals surface area contributed by atoms with Crippen LogP contribution in [0.2, 0.25) is 0 Å². The highest BCUT2D eigenvalue weighted by Gasteiger charge is 2.50. The average molecular weight is 169 g/mol. The number of rotatable bonds is 3. The van der Waals surface area contributed by atoms with Gasteiger partial charge in [0.1, 0.15) is 0 Å². The van der Waals surface area contributed by atoms with Crippen LogP contribution in [0.15, 0.2) is 0 Å². The molecular formula is C10H19NO. The first-order valence-corrected chi connectivity index (χ1v) is 5.14. The van der Waals surface area contributed by atoms with Gasteiger partial charge in [-0.25, -0.2) is 0 Å². The van der Waals surface area contributed by atoms with Gasteiger partial charge in [-0.2, -0.15) is 0 Å². The molecule has 0 bridgehead atoms. The molecule has 2 rings (SSSR count). The lowest BCUT2D eigenvalue weighted by atomic mass is 9.53. The fourth-order valence-corrected chi connectivity index (χ4v) is 2.56. The van der Waals surface area contributed by atoms with Crippen molar-refractivity contribution in [2.24, 2.45) is 5.41 Å². The summed E-state index contributed by atoms with van der Waals surface area (Å²) in [7, 11) is 0. The Morgan fingerprint density at radius 1 is 1.50 bits per heavy atom. The third-order valence-electron chi connectivity index (χ3n) is 3.68. The zero-order chi connectivity index (χ0) is 8.60. The Morgan fingerprint density at radius 2 is 2.25 bits per heavy atom. The second-order valence-electron chi connectivity index (χ2n) is 4.56. The summed E-state index contributed by atoms with van der Waals surface area (Å²) in [6.45, 7) is 2.62. The molecule has 0 aromatic rings. The van der Waals surface area contributed by atoms with Gasteiger partial charge in [-0.15, -0.1) is 0 Å². The third kappa shape index (κ3) is 1.27. The minimum absolute atomic E-state index is 0.192. The van der Waals surface area contributed by atoms with Gasteiger partial charge in [0.05, 0.1) is 6.10 Å². The molecule has 2 aliphatic rings. The van der Waals surface area contributed by atoms with Crippen LogP contribution in [0.3, 0.4) is 0 Å². The van der Waals surface area contributed by atoms with Gasteiger partial charge in [-0.05, 0) is 38.0 Å². The molecule has 2 nitrogen and oxygen atoms in total. The standard InChI is InChI=1S/C10H19NO/c1-8(12)7-11-9-3-6-10(9)4-2-5-10/h8-9,11-12H,2-7H2,1H3. The smallest absolute Gasteiger partial charge is 0.0636 e. The van der Waals surface area contributed by atoms with Crippen molar-refractivity contribution in [2.45, 2.75) is 51.2 Å². The van der Waals surface area contributed by atoms with Gasteiger partial charge in [-0.3, -0.25) is 0 Å². The Balaban J connectivity index is 1.74. The van der Waals surface area contributed by atoms with E-state index < -0.39 is 0 Å². The molecule has 0 aromatic heterocycles. The van der Waals surface area contributed by atoms with Crippen molar-refractivity contribution in [1.82, 2.24) is 5.32 Å². The molecule has 0 radical (unpaired) electrons.